The topological polar surface area (TPSA) is 72.7 Å². The first-order chi connectivity index (χ1) is 15.7. The fourth-order valence-electron chi connectivity index (χ4n) is 4.42. The highest BCUT2D eigenvalue weighted by atomic mass is 16.5. The van der Waals surface area contributed by atoms with E-state index in [1.54, 1.807) is 0 Å². The number of pyridine rings is 1. The van der Waals surface area contributed by atoms with E-state index < -0.39 is 0 Å². The quantitative estimate of drug-likeness (QED) is 0.613. The lowest BCUT2D eigenvalue weighted by Gasteiger charge is -2.33. The Balaban J connectivity index is 1.41. The average Bonchev–Trinajstić information content (AvgIpc) is 3.31. The van der Waals surface area contributed by atoms with Crippen LogP contribution in [0.4, 0.5) is 0 Å². The number of aromatic nitrogens is 3. The highest BCUT2D eigenvalue weighted by Crippen LogP contribution is 2.27. The summed E-state index contributed by atoms with van der Waals surface area (Å²) in [5.41, 5.74) is 3.53. The molecule has 0 N–H and O–H groups in total. The van der Waals surface area contributed by atoms with Gasteiger partial charge in [0, 0.05) is 56.4 Å². The minimum Gasteiger partial charge on any atom is -0.378 e. The third-order valence-electron chi connectivity index (χ3n) is 6.16. The molecule has 32 heavy (non-hydrogen) atoms. The van der Waals surface area contributed by atoms with E-state index >= 15 is 0 Å². The molecule has 0 spiro atoms. The van der Waals surface area contributed by atoms with Crippen molar-refractivity contribution < 1.29 is 14.3 Å². The van der Waals surface area contributed by atoms with Gasteiger partial charge in [0.05, 0.1) is 42.8 Å². The lowest BCUT2D eigenvalue weighted by atomic mass is 10.0. The maximum absolute atomic E-state index is 13.4. The molecule has 3 aromatic rings. The summed E-state index contributed by atoms with van der Waals surface area (Å²) in [6.45, 7) is 8.40. The summed E-state index contributed by atoms with van der Waals surface area (Å²) >= 11 is 0. The highest BCUT2D eigenvalue weighted by molar-refractivity contribution is 6.06. The van der Waals surface area contributed by atoms with Crippen LogP contribution in [0, 0.1) is 0 Å². The van der Waals surface area contributed by atoms with Crippen LogP contribution >= 0.6 is 0 Å². The van der Waals surface area contributed by atoms with Gasteiger partial charge in [-0.25, -0.2) is 4.98 Å². The van der Waals surface area contributed by atoms with E-state index in [0.29, 0.717) is 38.5 Å². The summed E-state index contributed by atoms with van der Waals surface area (Å²) < 4.78 is 13.5. The lowest BCUT2D eigenvalue weighted by Crippen LogP contribution is -2.41. The number of hydrogen-bond acceptors (Lipinski definition) is 6. The van der Waals surface area contributed by atoms with E-state index in [0.717, 1.165) is 42.8 Å². The normalized spacial score (nSPS) is 20.0. The van der Waals surface area contributed by atoms with Crippen LogP contribution in [0.15, 0.2) is 42.7 Å². The van der Waals surface area contributed by atoms with Crippen LogP contribution in [-0.4, -0.2) is 76.5 Å². The molecule has 2 saturated heterocycles. The maximum Gasteiger partial charge on any atom is 0.254 e. The Kier molecular flexibility index (Phi) is 6.16. The summed E-state index contributed by atoms with van der Waals surface area (Å²) in [7, 11) is 0. The van der Waals surface area contributed by atoms with Crippen molar-refractivity contribution >= 4 is 16.8 Å². The van der Waals surface area contributed by atoms with Crippen LogP contribution in [0.25, 0.3) is 10.9 Å². The zero-order valence-electron chi connectivity index (χ0n) is 18.4. The summed E-state index contributed by atoms with van der Waals surface area (Å²) in [6, 6.07) is 9.79. The summed E-state index contributed by atoms with van der Waals surface area (Å²) in [6.07, 6.45) is 3.85. The van der Waals surface area contributed by atoms with Crippen LogP contribution in [0.3, 0.4) is 0 Å². The molecule has 8 heteroatoms. The van der Waals surface area contributed by atoms with E-state index in [4.69, 9.17) is 14.5 Å². The van der Waals surface area contributed by atoms with E-state index in [9.17, 15) is 4.79 Å². The van der Waals surface area contributed by atoms with E-state index in [1.165, 1.54) is 5.56 Å². The zero-order chi connectivity index (χ0) is 21.9. The minimum absolute atomic E-state index is 0.0350. The van der Waals surface area contributed by atoms with Crippen molar-refractivity contribution in [2.75, 3.05) is 46.0 Å². The average molecular weight is 436 g/mol. The van der Waals surface area contributed by atoms with Gasteiger partial charge in [0.25, 0.3) is 5.91 Å². The molecule has 0 aliphatic carbocycles. The molecular weight excluding hydrogens is 406 g/mol. The third-order valence-corrected chi connectivity index (χ3v) is 6.16. The van der Waals surface area contributed by atoms with Crippen LogP contribution in [-0.2, 0) is 22.6 Å². The van der Waals surface area contributed by atoms with Crippen LogP contribution < -0.4 is 0 Å². The first kappa shape index (κ1) is 21.1. The largest absolute Gasteiger partial charge is 0.378 e. The van der Waals surface area contributed by atoms with Gasteiger partial charge in [-0.15, -0.1) is 0 Å². The maximum atomic E-state index is 13.4. The van der Waals surface area contributed by atoms with Gasteiger partial charge in [0.2, 0.25) is 0 Å². The van der Waals surface area contributed by atoms with Crippen molar-refractivity contribution in [2.45, 2.75) is 26.1 Å². The Morgan fingerprint density at radius 1 is 1.16 bits per heavy atom. The van der Waals surface area contributed by atoms with Crippen molar-refractivity contribution in [1.29, 1.82) is 0 Å². The van der Waals surface area contributed by atoms with Crippen molar-refractivity contribution in [2.24, 2.45) is 0 Å². The second-order valence-electron chi connectivity index (χ2n) is 8.32. The standard InChI is InChI=1S/C24H29N5O3/c1-2-29-16-18(14-25-29)15-27-7-12-32-23(17-27)22-13-20(19-5-3-4-6-21(19)26-22)24(30)28-8-10-31-11-9-28/h3-6,13-14,16,23H,2,7-12,15,17H2,1H3. The van der Waals surface area contributed by atoms with Crippen molar-refractivity contribution in [1.82, 2.24) is 24.6 Å². The molecule has 1 aromatic carbocycles. The van der Waals surface area contributed by atoms with Gasteiger partial charge in [0.1, 0.15) is 6.10 Å². The van der Waals surface area contributed by atoms with E-state index in [2.05, 4.69) is 23.1 Å². The Hall–Kier alpha value is -2.81. The number of hydrogen-bond donors (Lipinski definition) is 0. The molecule has 0 radical (unpaired) electrons. The smallest absolute Gasteiger partial charge is 0.254 e. The molecule has 2 aliphatic rings. The molecule has 2 aliphatic heterocycles. The number of aryl methyl sites for hydroxylation is 1. The molecule has 2 fully saturated rings. The Morgan fingerprint density at radius 2 is 2.00 bits per heavy atom. The number of fused-ring (bicyclic) bond motifs is 1. The van der Waals surface area contributed by atoms with Gasteiger partial charge in [-0.1, -0.05) is 18.2 Å². The predicted octanol–water partition coefficient (Wildman–Crippen LogP) is 2.50. The SMILES string of the molecule is CCn1cc(CN2CCOC(c3cc(C(=O)N4CCOCC4)c4ccccc4n3)C2)cn1. The second kappa shape index (κ2) is 9.36. The minimum atomic E-state index is -0.175. The van der Waals surface area contributed by atoms with Crippen molar-refractivity contribution in [3.8, 4) is 0 Å². The first-order valence-corrected chi connectivity index (χ1v) is 11.3. The summed E-state index contributed by atoms with van der Waals surface area (Å²) in [5.74, 6) is 0.0350. The predicted molar refractivity (Wildman–Crippen MR) is 120 cm³/mol. The molecule has 8 nitrogen and oxygen atoms in total. The summed E-state index contributed by atoms with van der Waals surface area (Å²) in [5, 5.41) is 5.26. The van der Waals surface area contributed by atoms with Crippen molar-refractivity contribution in [3.63, 3.8) is 0 Å². The van der Waals surface area contributed by atoms with Gasteiger partial charge in [-0.05, 0) is 19.1 Å². The molecule has 168 valence electrons. The van der Waals surface area contributed by atoms with Crippen LogP contribution in [0.2, 0.25) is 0 Å². The number of carbonyl (C=O) groups excluding carboxylic acids is 1. The molecule has 0 bridgehead atoms. The van der Waals surface area contributed by atoms with Gasteiger partial charge in [-0.3, -0.25) is 14.4 Å². The number of para-hydroxylation sites is 1. The fraction of sp³-hybridized carbons (Fsp3) is 0.458. The molecular formula is C24H29N5O3. The molecule has 0 saturated carbocycles. The number of morpholine rings is 2. The lowest BCUT2D eigenvalue weighted by molar-refractivity contribution is -0.0348. The van der Waals surface area contributed by atoms with Gasteiger partial charge < -0.3 is 14.4 Å². The Morgan fingerprint density at radius 3 is 2.81 bits per heavy atom. The van der Waals surface area contributed by atoms with E-state index in [-0.39, 0.29) is 12.0 Å². The molecule has 4 heterocycles. The Labute approximate surface area is 187 Å². The molecule has 1 unspecified atom stereocenters. The zero-order valence-corrected chi connectivity index (χ0v) is 18.4. The number of rotatable bonds is 5. The number of amides is 1. The highest BCUT2D eigenvalue weighted by Gasteiger charge is 2.27. The van der Waals surface area contributed by atoms with Gasteiger partial charge >= 0.3 is 0 Å². The number of carbonyl (C=O) groups is 1. The van der Waals surface area contributed by atoms with E-state index in [1.807, 2.05) is 46.1 Å². The number of benzene rings is 1. The Bertz CT molecular complexity index is 1090. The number of ether oxygens (including phenoxy) is 2. The summed E-state index contributed by atoms with van der Waals surface area (Å²) in [4.78, 5) is 22.5. The molecule has 1 amide bonds. The van der Waals surface area contributed by atoms with Crippen molar-refractivity contribution in [3.05, 3.63) is 59.5 Å². The monoisotopic (exact) mass is 435 g/mol. The third kappa shape index (κ3) is 4.39. The van der Waals surface area contributed by atoms with Crippen LogP contribution in [0.5, 0.6) is 0 Å². The molecule has 1 atom stereocenters. The van der Waals surface area contributed by atoms with Crippen LogP contribution in [0.1, 0.15) is 34.6 Å². The second-order valence-corrected chi connectivity index (χ2v) is 8.32. The van der Waals surface area contributed by atoms with Gasteiger partial charge in [-0.2, -0.15) is 5.10 Å². The fourth-order valence-corrected chi connectivity index (χ4v) is 4.42. The molecule has 5 rings (SSSR count). The molecule has 2 aromatic heterocycles. The van der Waals surface area contributed by atoms with Gasteiger partial charge in [0.15, 0.2) is 0 Å². The number of nitrogens with zero attached hydrogens (tertiary/aromatic N) is 5. The first-order valence-electron chi connectivity index (χ1n) is 11.3.